The molecule has 1 amide bonds. The number of nitrogens with zero attached hydrogens (tertiary/aromatic N) is 6. The molecule has 2 fully saturated rings. The monoisotopic (exact) mass is 687 g/mol. The molecule has 1 N–H and O–H groups in total. The number of amides is 1. The first-order chi connectivity index (χ1) is 24.2. The lowest BCUT2D eigenvalue weighted by atomic mass is 9.87. The molecule has 50 heavy (non-hydrogen) atoms. The van der Waals surface area contributed by atoms with Gasteiger partial charge in [0, 0.05) is 66.7 Å². The van der Waals surface area contributed by atoms with Gasteiger partial charge < -0.3 is 24.6 Å². The van der Waals surface area contributed by atoms with Gasteiger partial charge in [-0.3, -0.25) is 4.79 Å². The zero-order valence-corrected chi connectivity index (χ0v) is 26.8. The van der Waals surface area contributed by atoms with Crippen LogP contribution in [0.2, 0.25) is 0 Å². The first kappa shape index (κ1) is 33.0. The highest BCUT2D eigenvalue weighted by molar-refractivity contribution is 6.03. The third-order valence-electron chi connectivity index (χ3n) is 9.02. The number of rotatable bonds is 10. The number of hydrogen-bond acceptors (Lipinski definition) is 8. The van der Waals surface area contributed by atoms with Gasteiger partial charge in [-0.05, 0) is 61.0 Å². The highest BCUT2D eigenvalue weighted by atomic mass is 19.1. The van der Waals surface area contributed by atoms with Crippen molar-refractivity contribution in [2.45, 2.75) is 18.6 Å². The topological polar surface area (TPSA) is 97.6 Å². The van der Waals surface area contributed by atoms with Gasteiger partial charge >= 0.3 is 0 Å². The third-order valence-corrected chi connectivity index (χ3v) is 9.02. The van der Waals surface area contributed by atoms with Crippen molar-refractivity contribution < 1.29 is 31.8 Å². The second-order valence-electron chi connectivity index (χ2n) is 12.4. The summed E-state index contributed by atoms with van der Waals surface area (Å²) in [6, 6.07) is 18.1. The Balaban J connectivity index is 0.927. The number of anilines is 3. The summed E-state index contributed by atoms with van der Waals surface area (Å²) >= 11 is 0. The van der Waals surface area contributed by atoms with E-state index >= 15 is 4.39 Å². The molecule has 0 aliphatic carbocycles. The number of hydrogen-bond donors (Lipinski definition) is 1. The van der Waals surface area contributed by atoms with Gasteiger partial charge in [-0.1, -0.05) is 6.07 Å². The molecule has 0 unspecified atom stereocenters. The minimum atomic E-state index is -1.12. The van der Waals surface area contributed by atoms with Crippen LogP contribution in [0.3, 0.4) is 0 Å². The number of piperazine rings is 1. The van der Waals surface area contributed by atoms with Gasteiger partial charge in [0.25, 0.3) is 5.91 Å². The second kappa shape index (κ2) is 14.2. The Morgan fingerprint density at radius 3 is 2.30 bits per heavy atom. The van der Waals surface area contributed by atoms with Gasteiger partial charge in [0.05, 0.1) is 26.0 Å². The van der Waals surface area contributed by atoms with Gasteiger partial charge in [-0.25, -0.2) is 32.2 Å². The second-order valence-corrected chi connectivity index (χ2v) is 12.4. The molecular formula is C36H33F4N7O3. The summed E-state index contributed by atoms with van der Waals surface area (Å²) in [5, 5.41) is 6.78. The van der Waals surface area contributed by atoms with E-state index < -0.39 is 28.9 Å². The predicted molar refractivity (Wildman–Crippen MR) is 177 cm³/mol. The van der Waals surface area contributed by atoms with Crippen LogP contribution in [-0.4, -0.2) is 65.0 Å². The molecule has 0 radical (unpaired) electrons. The van der Waals surface area contributed by atoms with Crippen molar-refractivity contribution >= 4 is 23.1 Å². The number of aromatic nitrogens is 4. The van der Waals surface area contributed by atoms with Crippen molar-refractivity contribution in [3.05, 3.63) is 126 Å². The Morgan fingerprint density at radius 2 is 1.62 bits per heavy atom. The molecule has 2 aliphatic heterocycles. The first-order valence-corrected chi connectivity index (χ1v) is 16.1. The number of ether oxygens (including phenoxy) is 2. The number of benzene rings is 3. The molecule has 2 saturated heterocycles. The summed E-state index contributed by atoms with van der Waals surface area (Å²) in [6.45, 7) is 3.24. The highest BCUT2D eigenvalue weighted by Gasteiger charge is 2.44. The van der Waals surface area contributed by atoms with Gasteiger partial charge in [0.15, 0.2) is 11.6 Å². The SMILES string of the molecule is O=C(Nc1ccc(F)cn1)c1ccc(N2CCN(c3ccc(OC[C@H]4CO[C@@](Cn5cncn5)(c5ccc(F)cc5F)C4)c(F)c3)CC2)cc1. The molecule has 10 nitrogen and oxygen atoms in total. The fraction of sp³-hybridized carbons (Fsp3) is 0.278. The van der Waals surface area contributed by atoms with Crippen LogP contribution in [0.5, 0.6) is 5.75 Å². The average molecular weight is 688 g/mol. The van der Waals surface area contributed by atoms with Crippen molar-refractivity contribution in [3.8, 4) is 5.75 Å². The van der Waals surface area contributed by atoms with E-state index in [1.165, 1.54) is 47.7 Å². The quantitative estimate of drug-likeness (QED) is 0.184. The summed E-state index contributed by atoms with van der Waals surface area (Å²) in [7, 11) is 0. The lowest BCUT2D eigenvalue weighted by molar-refractivity contribution is -0.0206. The molecule has 14 heteroatoms. The fourth-order valence-corrected chi connectivity index (χ4v) is 6.48. The van der Waals surface area contributed by atoms with Crippen LogP contribution in [0.25, 0.3) is 0 Å². The van der Waals surface area contributed by atoms with E-state index in [4.69, 9.17) is 9.47 Å². The predicted octanol–water partition coefficient (Wildman–Crippen LogP) is 5.82. The van der Waals surface area contributed by atoms with Gasteiger partial charge in [0.2, 0.25) is 0 Å². The molecule has 3 aromatic carbocycles. The number of carbonyl (C=O) groups is 1. The van der Waals surface area contributed by atoms with Crippen LogP contribution in [0, 0.1) is 29.2 Å². The van der Waals surface area contributed by atoms with E-state index in [-0.39, 0.29) is 48.7 Å². The lowest BCUT2D eigenvalue weighted by Crippen LogP contribution is -2.46. The van der Waals surface area contributed by atoms with Crippen LogP contribution in [-0.2, 0) is 16.9 Å². The van der Waals surface area contributed by atoms with Crippen LogP contribution in [0.15, 0.2) is 91.6 Å². The molecule has 2 aromatic heterocycles. The van der Waals surface area contributed by atoms with Crippen molar-refractivity contribution in [1.82, 2.24) is 19.7 Å². The van der Waals surface area contributed by atoms with Crippen molar-refractivity contribution in [3.63, 3.8) is 0 Å². The Hall–Kier alpha value is -5.50. The number of halogens is 4. The summed E-state index contributed by atoms with van der Waals surface area (Å²) in [4.78, 5) is 24.7. The van der Waals surface area contributed by atoms with E-state index in [2.05, 4.69) is 30.2 Å². The van der Waals surface area contributed by atoms with Crippen molar-refractivity contribution in [2.75, 3.05) is 54.5 Å². The molecule has 0 bridgehead atoms. The number of nitrogens with one attached hydrogen (secondary N) is 1. The number of carbonyl (C=O) groups excluding carboxylic acids is 1. The maximum atomic E-state index is 15.3. The molecule has 4 heterocycles. The molecule has 7 rings (SSSR count). The third kappa shape index (κ3) is 7.25. The van der Waals surface area contributed by atoms with Crippen LogP contribution in [0.1, 0.15) is 22.3 Å². The summed E-state index contributed by atoms with van der Waals surface area (Å²) in [5.74, 6) is -2.54. The van der Waals surface area contributed by atoms with Crippen molar-refractivity contribution in [2.24, 2.45) is 5.92 Å². The molecular weight excluding hydrogens is 654 g/mol. The Morgan fingerprint density at radius 1 is 0.880 bits per heavy atom. The van der Waals surface area contributed by atoms with Gasteiger partial charge in [-0.2, -0.15) is 5.10 Å². The lowest BCUT2D eigenvalue weighted by Gasteiger charge is -2.37. The van der Waals surface area contributed by atoms with Gasteiger partial charge in [0.1, 0.15) is 41.5 Å². The van der Waals surface area contributed by atoms with E-state index in [0.29, 0.717) is 38.2 Å². The molecule has 2 atom stereocenters. The Labute approximate surface area is 285 Å². The van der Waals surface area contributed by atoms with Crippen LogP contribution in [0.4, 0.5) is 34.8 Å². The largest absolute Gasteiger partial charge is 0.490 e. The molecule has 0 spiro atoms. The van der Waals surface area contributed by atoms with Crippen LogP contribution >= 0.6 is 0 Å². The zero-order valence-electron chi connectivity index (χ0n) is 26.8. The normalized spacial score (nSPS) is 19.1. The Kier molecular flexibility index (Phi) is 9.35. The maximum Gasteiger partial charge on any atom is 0.256 e. The minimum absolute atomic E-state index is 0.105. The summed E-state index contributed by atoms with van der Waals surface area (Å²) < 4.78 is 70.6. The Bertz CT molecular complexity index is 1940. The fourth-order valence-electron chi connectivity index (χ4n) is 6.48. The zero-order chi connectivity index (χ0) is 34.7. The molecule has 258 valence electrons. The highest BCUT2D eigenvalue weighted by Crippen LogP contribution is 2.42. The van der Waals surface area contributed by atoms with E-state index in [1.54, 1.807) is 18.2 Å². The summed E-state index contributed by atoms with van der Waals surface area (Å²) in [5.41, 5.74) is 1.24. The smallest absolute Gasteiger partial charge is 0.256 e. The van der Waals surface area contributed by atoms with E-state index in [1.807, 2.05) is 18.2 Å². The van der Waals surface area contributed by atoms with E-state index in [0.717, 1.165) is 23.6 Å². The number of pyridine rings is 1. The average Bonchev–Trinajstić information content (AvgIpc) is 3.79. The summed E-state index contributed by atoms with van der Waals surface area (Å²) in [6.07, 6.45) is 4.27. The first-order valence-electron chi connectivity index (χ1n) is 16.1. The van der Waals surface area contributed by atoms with Crippen LogP contribution < -0.4 is 19.9 Å². The maximum absolute atomic E-state index is 15.3. The van der Waals surface area contributed by atoms with E-state index in [9.17, 15) is 18.0 Å². The molecule has 2 aliphatic rings. The molecule has 0 saturated carbocycles. The van der Waals surface area contributed by atoms with Gasteiger partial charge in [-0.15, -0.1) is 0 Å². The van der Waals surface area contributed by atoms with Crippen molar-refractivity contribution in [1.29, 1.82) is 0 Å². The standard InChI is InChI=1S/C36H33F4N7O3/c37-26-3-8-30(31(39)15-26)36(21-47-23-41-22-43-47)17-24(20-50-36)19-49-33-9-7-29(16-32(33)40)46-13-11-45(12-14-46)28-5-1-25(2-6-28)35(48)44-34-10-4-27(38)18-42-34/h1-10,15-16,18,22-24H,11-14,17,19-21H2,(H,42,44,48)/t24-,36-/m0/s1. The molecule has 5 aromatic rings. The minimum Gasteiger partial charge on any atom is -0.490 e.